The van der Waals surface area contributed by atoms with Crippen LogP contribution in [0.25, 0.3) is 0 Å². The third-order valence-electron chi connectivity index (χ3n) is 2.37. The molecule has 94 valence electrons. The average Bonchev–Trinajstić information content (AvgIpc) is 2.33. The lowest BCUT2D eigenvalue weighted by molar-refractivity contribution is 0.590. The molecule has 0 radical (unpaired) electrons. The molecule has 0 aliphatic heterocycles. The SMILES string of the molecule is Nc1ccc(F)cc1S(=O)(=O)Cc1ccccn1. The van der Waals surface area contributed by atoms with E-state index in [1.165, 1.54) is 12.3 Å². The minimum atomic E-state index is -3.69. The highest BCUT2D eigenvalue weighted by Crippen LogP contribution is 2.22. The maximum Gasteiger partial charge on any atom is 0.186 e. The summed E-state index contributed by atoms with van der Waals surface area (Å²) in [6, 6.07) is 8.25. The molecule has 1 heterocycles. The first-order valence-electron chi connectivity index (χ1n) is 5.17. The van der Waals surface area contributed by atoms with Crippen molar-refractivity contribution in [2.45, 2.75) is 10.6 Å². The topological polar surface area (TPSA) is 73.1 Å². The Kier molecular flexibility index (Phi) is 3.29. The quantitative estimate of drug-likeness (QED) is 0.859. The molecule has 1 aromatic heterocycles. The molecule has 1 aromatic carbocycles. The molecule has 18 heavy (non-hydrogen) atoms. The Labute approximate surface area is 104 Å². The van der Waals surface area contributed by atoms with Crippen LogP contribution in [0.4, 0.5) is 10.1 Å². The molecule has 0 saturated carbocycles. The number of aromatic nitrogens is 1. The maximum atomic E-state index is 13.1. The van der Waals surface area contributed by atoms with Crippen LogP contribution in [0.15, 0.2) is 47.5 Å². The summed E-state index contributed by atoms with van der Waals surface area (Å²) < 4.78 is 37.3. The van der Waals surface area contributed by atoms with E-state index in [9.17, 15) is 12.8 Å². The summed E-state index contributed by atoms with van der Waals surface area (Å²) in [6.45, 7) is 0. The fraction of sp³-hybridized carbons (Fsp3) is 0.0833. The second-order valence-electron chi connectivity index (χ2n) is 3.76. The van der Waals surface area contributed by atoms with Crippen molar-refractivity contribution >= 4 is 15.5 Å². The van der Waals surface area contributed by atoms with E-state index in [2.05, 4.69) is 4.98 Å². The third-order valence-corrected chi connectivity index (χ3v) is 4.07. The maximum absolute atomic E-state index is 13.1. The zero-order chi connectivity index (χ0) is 13.2. The number of nitrogen functional groups attached to an aromatic ring is 1. The van der Waals surface area contributed by atoms with Crippen LogP contribution in [0.1, 0.15) is 5.69 Å². The van der Waals surface area contributed by atoms with Crippen LogP contribution in [-0.2, 0) is 15.6 Å². The minimum absolute atomic E-state index is 0.0346. The summed E-state index contributed by atoms with van der Waals surface area (Å²) in [5, 5.41) is 0. The van der Waals surface area contributed by atoms with E-state index in [1.54, 1.807) is 18.2 Å². The van der Waals surface area contributed by atoms with E-state index in [0.29, 0.717) is 5.69 Å². The molecule has 0 unspecified atom stereocenters. The number of halogens is 1. The van der Waals surface area contributed by atoms with Crippen LogP contribution in [0.2, 0.25) is 0 Å². The lowest BCUT2D eigenvalue weighted by atomic mass is 10.3. The molecule has 0 spiro atoms. The zero-order valence-corrected chi connectivity index (χ0v) is 10.2. The summed E-state index contributed by atoms with van der Waals surface area (Å²) in [7, 11) is -3.69. The molecule has 0 amide bonds. The van der Waals surface area contributed by atoms with Crippen molar-refractivity contribution in [1.82, 2.24) is 4.98 Å². The molecule has 0 aliphatic carbocycles. The van der Waals surface area contributed by atoms with Crippen LogP contribution in [-0.4, -0.2) is 13.4 Å². The molecule has 0 fully saturated rings. The number of rotatable bonds is 3. The number of nitrogens with two attached hydrogens (primary N) is 1. The van der Waals surface area contributed by atoms with Crippen molar-refractivity contribution in [3.8, 4) is 0 Å². The van der Waals surface area contributed by atoms with Crippen LogP contribution < -0.4 is 5.73 Å². The summed E-state index contributed by atoms with van der Waals surface area (Å²) in [6.07, 6.45) is 1.50. The first-order valence-corrected chi connectivity index (χ1v) is 6.82. The minimum Gasteiger partial charge on any atom is -0.398 e. The van der Waals surface area contributed by atoms with Gasteiger partial charge in [-0.05, 0) is 30.3 Å². The zero-order valence-electron chi connectivity index (χ0n) is 9.38. The number of nitrogens with zero attached hydrogens (tertiary/aromatic N) is 1. The van der Waals surface area contributed by atoms with Crippen LogP contribution >= 0.6 is 0 Å². The number of pyridine rings is 1. The van der Waals surface area contributed by atoms with E-state index < -0.39 is 15.7 Å². The van der Waals surface area contributed by atoms with Crippen molar-refractivity contribution in [2.24, 2.45) is 0 Å². The van der Waals surface area contributed by atoms with Gasteiger partial charge in [0.05, 0.1) is 22.0 Å². The first-order chi connectivity index (χ1) is 8.49. The number of benzene rings is 1. The van der Waals surface area contributed by atoms with Gasteiger partial charge in [0.1, 0.15) is 5.82 Å². The Balaban J connectivity index is 2.40. The molecule has 0 saturated heterocycles. The van der Waals surface area contributed by atoms with Gasteiger partial charge in [0.15, 0.2) is 9.84 Å². The van der Waals surface area contributed by atoms with Crippen molar-refractivity contribution in [2.75, 3.05) is 5.73 Å². The van der Waals surface area contributed by atoms with E-state index in [4.69, 9.17) is 5.73 Å². The van der Waals surface area contributed by atoms with Crippen LogP contribution in [0.3, 0.4) is 0 Å². The highest BCUT2D eigenvalue weighted by Gasteiger charge is 2.19. The third kappa shape index (κ3) is 2.65. The van der Waals surface area contributed by atoms with Crippen molar-refractivity contribution in [1.29, 1.82) is 0 Å². The van der Waals surface area contributed by atoms with Gasteiger partial charge < -0.3 is 5.73 Å². The highest BCUT2D eigenvalue weighted by atomic mass is 32.2. The predicted molar refractivity (Wildman–Crippen MR) is 65.9 cm³/mol. The molecule has 0 aliphatic rings. The lowest BCUT2D eigenvalue weighted by Crippen LogP contribution is -2.09. The second kappa shape index (κ2) is 4.73. The molecule has 4 nitrogen and oxygen atoms in total. The molecule has 2 N–H and O–H groups in total. The predicted octanol–water partition coefficient (Wildman–Crippen LogP) is 1.78. The van der Waals surface area contributed by atoms with Crippen molar-refractivity contribution in [3.05, 3.63) is 54.1 Å². The Morgan fingerprint density at radius 3 is 2.67 bits per heavy atom. The number of anilines is 1. The van der Waals surface area contributed by atoms with Gasteiger partial charge in [-0.2, -0.15) is 0 Å². The monoisotopic (exact) mass is 266 g/mol. The van der Waals surface area contributed by atoms with Gasteiger partial charge in [0, 0.05) is 6.20 Å². The lowest BCUT2D eigenvalue weighted by Gasteiger charge is -2.07. The first kappa shape index (κ1) is 12.5. The number of hydrogen-bond donors (Lipinski definition) is 1. The van der Waals surface area contributed by atoms with Crippen molar-refractivity contribution in [3.63, 3.8) is 0 Å². The number of sulfone groups is 1. The normalized spacial score (nSPS) is 11.4. The molecular formula is C12H11FN2O2S. The summed E-state index contributed by atoms with van der Waals surface area (Å²) in [5.74, 6) is -0.939. The van der Waals surface area contributed by atoms with Gasteiger partial charge in [-0.15, -0.1) is 0 Å². The van der Waals surface area contributed by atoms with Gasteiger partial charge in [-0.3, -0.25) is 4.98 Å². The van der Waals surface area contributed by atoms with E-state index in [1.807, 2.05) is 0 Å². The van der Waals surface area contributed by atoms with E-state index in [0.717, 1.165) is 12.1 Å². The molecule has 6 heteroatoms. The van der Waals surface area contributed by atoms with Gasteiger partial charge in [-0.1, -0.05) is 6.07 Å². The van der Waals surface area contributed by atoms with Crippen molar-refractivity contribution < 1.29 is 12.8 Å². The molecule has 2 rings (SSSR count). The van der Waals surface area contributed by atoms with Crippen LogP contribution in [0, 0.1) is 5.82 Å². The average molecular weight is 266 g/mol. The Bertz CT molecular complexity index is 657. The largest absolute Gasteiger partial charge is 0.398 e. The van der Waals surface area contributed by atoms with E-state index >= 15 is 0 Å². The summed E-state index contributed by atoms with van der Waals surface area (Å²) in [4.78, 5) is 3.73. The fourth-order valence-corrected chi connectivity index (χ4v) is 2.97. The fourth-order valence-electron chi connectivity index (χ4n) is 1.53. The second-order valence-corrected chi connectivity index (χ2v) is 5.72. The summed E-state index contributed by atoms with van der Waals surface area (Å²) >= 11 is 0. The van der Waals surface area contributed by atoms with Gasteiger partial charge in [-0.25, -0.2) is 12.8 Å². The smallest absolute Gasteiger partial charge is 0.186 e. The van der Waals surface area contributed by atoms with E-state index in [-0.39, 0.29) is 16.3 Å². The molecule has 0 atom stereocenters. The van der Waals surface area contributed by atoms with Gasteiger partial charge >= 0.3 is 0 Å². The standard InChI is InChI=1S/C12H11FN2O2S/c13-9-4-5-11(14)12(7-9)18(16,17)8-10-3-1-2-6-15-10/h1-7H,8,14H2. The number of hydrogen-bond acceptors (Lipinski definition) is 4. The molecule has 0 bridgehead atoms. The molecule has 2 aromatic rings. The summed E-state index contributed by atoms with van der Waals surface area (Å²) in [5.41, 5.74) is 5.99. The Morgan fingerprint density at radius 1 is 1.22 bits per heavy atom. The Morgan fingerprint density at radius 2 is 2.00 bits per heavy atom. The van der Waals surface area contributed by atoms with Gasteiger partial charge in [0.2, 0.25) is 0 Å². The Hall–Kier alpha value is -1.95. The van der Waals surface area contributed by atoms with Gasteiger partial charge in [0.25, 0.3) is 0 Å². The molecular weight excluding hydrogens is 255 g/mol. The van der Waals surface area contributed by atoms with Crippen LogP contribution in [0.5, 0.6) is 0 Å². The highest BCUT2D eigenvalue weighted by molar-refractivity contribution is 7.90.